The number of hydrogen-bond donors (Lipinski definition) is 0. The van der Waals surface area contributed by atoms with Crippen molar-refractivity contribution in [3.8, 4) is 11.3 Å². The highest BCUT2D eigenvalue weighted by molar-refractivity contribution is 5.97. The van der Waals surface area contributed by atoms with E-state index >= 15 is 0 Å². The van der Waals surface area contributed by atoms with Crippen LogP contribution in [-0.2, 0) is 4.74 Å². The molecule has 0 aliphatic heterocycles. The Hall–Kier alpha value is -2.31. The Kier molecular flexibility index (Phi) is 3.78. The van der Waals surface area contributed by atoms with Crippen molar-refractivity contribution < 1.29 is 27.2 Å². The van der Waals surface area contributed by atoms with Crippen molar-refractivity contribution in [2.75, 3.05) is 6.61 Å². The molecule has 0 spiro atoms. The summed E-state index contributed by atoms with van der Waals surface area (Å²) in [6.45, 7) is 3.07. The Morgan fingerprint density at radius 1 is 1.30 bits per heavy atom. The standard InChI is InChI=1S/C13H10F3NO3/c1-3-19-13(18)10-6(2)20-17-12(10)11-8(15)4-7(14)5-9(11)16/h4-5H,3H2,1-2H3. The minimum Gasteiger partial charge on any atom is -0.462 e. The average Bonchev–Trinajstić information content (AvgIpc) is 2.70. The number of carbonyl (C=O) groups excluding carboxylic acids is 1. The first-order chi connectivity index (χ1) is 9.45. The second-order valence-electron chi connectivity index (χ2n) is 3.93. The first kappa shape index (κ1) is 14.1. The summed E-state index contributed by atoms with van der Waals surface area (Å²) in [6.07, 6.45) is 0. The molecule has 7 heteroatoms. The lowest BCUT2D eigenvalue weighted by Gasteiger charge is -2.05. The number of hydrogen-bond acceptors (Lipinski definition) is 4. The number of benzene rings is 1. The van der Waals surface area contributed by atoms with E-state index in [1.807, 2.05) is 0 Å². The molecule has 1 heterocycles. The summed E-state index contributed by atoms with van der Waals surface area (Å²) in [5.74, 6) is -4.18. The second kappa shape index (κ2) is 5.36. The third kappa shape index (κ3) is 2.38. The van der Waals surface area contributed by atoms with Gasteiger partial charge in [0, 0.05) is 12.1 Å². The maximum atomic E-state index is 13.7. The lowest BCUT2D eigenvalue weighted by Crippen LogP contribution is -2.07. The van der Waals surface area contributed by atoms with Crippen molar-refractivity contribution in [2.24, 2.45) is 0 Å². The van der Waals surface area contributed by atoms with E-state index in [-0.39, 0.29) is 23.6 Å². The Bertz CT molecular complexity index is 644. The number of carbonyl (C=O) groups is 1. The Morgan fingerprint density at radius 2 is 1.90 bits per heavy atom. The number of ether oxygens (including phenoxy) is 1. The first-order valence-corrected chi connectivity index (χ1v) is 5.74. The molecule has 0 radical (unpaired) electrons. The SMILES string of the molecule is CCOC(=O)c1c(-c2c(F)cc(F)cc2F)noc1C. The smallest absolute Gasteiger partial charge is 0.344 e. The molecule has 0 atom stereocenters. The molecule has 0 saturated heterocycles. The maximum absolute atomic E-state index is 13.7. The summed E-state index contributed by atoms with van der Waals surface area (Å²) in [7, 11) is 0. The van der Waals surface area contributed by atoms with E-state index in [0.717, 1.165) is 0 Å². The molecule has 2 aromatic rings. The summed E-state index contributed by atoms with van der Waals surface area (Å²) in [6, 6.07) is 0.995. The van der Waals surface area contributed by atoms with Crippen LogP contribution in [-0.4, -0.2) is 17.7 Å². The third-order valence-electron chi connectivity index (χ3n) is 2.59. The van der Waals surface area contributed by atoms with Gasteiger partial charge in [0.2, 0.25) is 0 Å². The minimum absolute atomic E-state index is 0.0570. The van der Waals surface area contributed by atoms with Gasteiger partial charge in [-0.3, -0.25) is 0 Å². The van der Waals surface area contributed by atoms with Crippen LogP contribution in [0, 0.1) is 24.4 Å². The van der Waals surface area contributed by atoms with E-state index in [2.05, 4.69) is 5.16 Å². The van der Waals surface area contributed by atoms with Crippen molar-refractivity contribution in [1.82, 2.24) is 5.16 Å². The van der Waals surface area contributed by atoms with Crippen LogP contribution < -0.4 is 0 Å². The number of nitrogens with zero attached hydrogens (tertiary/aromatic N) is 1. The predicted molar refractivity (Wildman–Crippen MR) is 62.5 cm³/mol. The summed E-state index contributed by atoms with van der Waals surface area (Å²) >= 11 is 0. The quantitative estimate of drug-likeness (QED) is 0.812. The van der Waals surface area contributed by atoms with Crippen LogP contribution in [0.3, 0.4) is 0 Å². The largest absolute Gasteiger partial charge is 0.462 e. The number of aryl methyl sites for hydroxylation is 1. The highest BCUT2D eigenvalue weighted by Gasteiger charge is 2.27. The molecular weight excluding hydrogens is 275 g/mol. The fourth-order valence-corrected chi connectivity index (χ4v) is 1.75. The van der Waals surface area contributed by atoms with Gasteiger partial charge in [0.15, 0.2) is 0 Å². The lowest BCUT2D eigenvalue weighted by atomic mass is 10.0. The molecule has 1 aromatic carbocycles. The molecule has 0 fully saturated rings. The molecule has 20 heavy (non-hydrogen) atoms. The zero-order valence-electron chi connectivity index (χ0n) is 10.7. The Balaban J connectivity index is 2.63. The van der Waals surface area contributed by atoms with E-state index in [9.17, 15) is 18.0 Å². The molecule has 0 N–H and O–H groups in total. The molecule has 0 amide bonds. The number of rotatable bonds is 3. The van der Waals surface area contributed by atoms with Crippen LogP contribution >= 0.6 is 0 Å². The van der Waals surface area contributed by atoms with E-state index in [4.69, 9.17) is 9.26 Å². The third-order valence-corrected chi connectivity index (χ3v) is 2.59. The normalized spacial score (nSPS) is 10.7. The number of aromatic nitrogens is 1. The zero-order chi connectivity index (χ0) is 14.9. The van der Waals surface area contributed by atoms with E-state index < -0.39 is 29.0 Å². The van der Waals surface area contributed by atoms with Gasteiger partial charge >= 0.3 is 5.97 Å². The van der Waals surface area contributed by atoms with Crippen molar-refractivity contribution in [2.45, 2.75) is 13.8 Å². The van der Waals surface area contributed by atoms with Gasteiger partial charge in [0.05, 0.1) is 12.2 Å². The molecule has 0 unspecified atom stereocenters. The van der Waals surface area contributed by atoms with Gasteiger partial charge < -0.3 is 9.26 Å². The van der Waals surface area contributed by atoms with Gasteiger partial charge in [0.25, 0.3) is 0 Å². The molecule has 0 aliphatic carbocycles. The second-order valence-corrected chi connectivity index (χ2v) is 3.93. The Labute approximate surface area is 112 Å². The van der Waals surface area contributed by atoms with E-state index in [1.54, 1.807) is 6.92 Å². The van der Waals surface area contributed by atoms with Crippen LogP contribution in [0.25, 0.3) is 11.3 Å². The minimum atomic E-state index is -1.18. The molecule has 1 aromatic heterocycles. The van der Waals surface area contributed by atoms with Gasteiger partial charge in [-0.05, 0) is 13.8 Å². The molecule has 0 saturated carbocycles. The van der Waals surface area contributed by atoms with Crippen LogP contribution in [0.2, 0.25) is 0 Å². The molecule has 4 nitrogen and oxygen atoms in total. The van der Waals surface area contributed by atoms with Crippen LogP contribution in [0.1, 0.15) is 23.0 Å². The fourth-order valence-electron chi connectivity index (χ4n) is 1.75. The zero-order valence-corrected chi connectivity index (χ0v) is 10.7. The maximum Gasteiger partial charge on any atom is 0.344 e. The van der Waals surface area contributed by atoms with Gasteiger partial charge in [-0.1, -0.05) is 5.16 Å². The predicted octanol–water partition coefficient (Wildman–Crippen LogP) is 3.24. The van der Waals surface area contributed by atoms with Gasteiger partial charge in [-0.15, -0.1) is 0 Å². The topological polar surface area (TPSA) is 52.3 Å². The summed E-state index contributed by atoms with van der Waals surface area (Å²) < 4.78 is 49.9. The van der Waals surface area contributed by atoms with Crippen molar-refractivity contribution in [3.63, 3.8) is 0 Å². The first-order valence-electron chi connectivity index (χ1n) is 5.74. The van der Waals surface area contributed by atoms with Gasteiger partial charge in [-0.25, -0.2) is 18.0 Å². The molecule has 0 bridgehead atoms. The number of esters is 1. The number of halogens is 3. The molecular formula is C13H10F3NO3. The van der Waals surface area contributed by atoms with Gasteiger partial charge in [-0.2, -0.15) is 0 Å². The average molecular weight is 285 g/mol. The summed E-state index contributed by atoms with van der Waals surface area (Å²) in [5, 5.41) is 3.46. The highest BCUT2D eigenvalue weighted by Crippen LogP contribution is 2.31. The summed E-state index contributed by atoms with van der Waals surface area (Å²) in [4.78, 5) is 11.8. The fraction of sp³-hybridized carbons (Fsp3) is 0.231. The van der Waals surface area contributed by atoms with Crippen LogP contribution in [0.15, 0.2) is 16.7 Å². The summed E-state index contributed by atoms with van der Waals surface area (Å²) in [5.41, 5.74) is -1.17. The lowest BCUT2D eigenvalue weighted by molar-refractivity contribution is 0.0525. The monoisotopic (exact) mass is 285 g/mol. The van der Waals surface area contributed by atoms with E-state index in [1.165, 1.54) is 6.92 Å². The van der Waals surface area contributed by atoms with Crippen molar-refractivity contribution in [1.29, 1.82) is 0 Å². The molecule has 106 valence electrons. The van der Waals surface area contributed by atoms with Crippen molar-refractivity contribution in [3.05, 3.63) is 40.9 Å². The van der Waals surface area contributed by atoms with Crippen LogP contribution in [0.4, 0.5) is 13.2 Å². The molecule has 2 rings (SSSR count). The van der Waals surface area contributed by atoms with Crippen LogP contribution in [0.5, 0.6) is 0 Å². The van der Waals surface area contributed by atoms with E-state index in [0.29, 0.717) is 12.1 Å². The Morgan fingerprint density at radius 3 is 2.45 bits per heavy atom. The highest BCUT2D eigenvalue weighted by atomic mass is 19.1. The molecule has 0 aliphatic rings. The van der Waals surface area contributed by atoms with Gasteiger partial charge in [0.1, 0.15) is 34.5 Å². The van der Waals surface area contributed by atoms with Crippen molar-refractivity contribution >= 4 is 5.97 Å².